The van der Waals surface area contributed by atoms with Gasteiger partial charge in [-0.1, -0.05) is 42.5 Å². The normalized spacial score (nSPS) is 19.9. The molecule has 0 N–H and O–H groups in total. The molecule has 0 bridgehead atoms. The Bertz CT molecular complexity index is 1010. The van der Waals surface area contributed by atoms with Crippen molar-refractivity contribution in [1.29, 1.82) is 0 Å². The molecule has 2 aromatic rings. The van der Waals surface area contributed by atoms with E-state index in [1.165, 1.54) is 4.90 Å². The Kier molecular flexibility index (Phi) is 7.64. The number of likely N-dealkylation sites (tertiary alicyclic amines) is 1. The third-order valence-corrected chi connectivity index (χ3v) is 5.86. The third-order valence-electron chi connectivity index (χ3n) is 5.86. The van der Waals surface area contributed by atoms with Crippen molar-refractivity contribution in [2.75, 3.05) is 13.7 Å². The number of nitrogens with zero attached hydrogens (tertiary/aromatic N) is 1. The van der Waals surface area contributed by atoms with Crippen LogP contribution in [0.3, 0.4) is 0 Å². The Morgan fingerprint density at radius 2 is 1.65 bits per heavy atom. The van der Waals surface area contributed by atoms with Crippen LogP contribution in [0.15, 0.2) is 54.6 Å². The molecular weight excluding hydrogens is 434 g/mol. The highest BCUT2D eigenvalue weighted by molar-refractivity contribution is 6.03. The van der Waals surface area contributed by atoms with Gasteiger partial charge in [-0.25, -0.2) is 4.79 Å². The van der Waals surface area contributed by atoms with E-state index in [1.807, 2.05) is 42.5 Å². The predicted molar refractivity (Wildman–Crippen MR) is 127 cm³/mol. The molecule has 1 amide bonds. The lowest BCUT2D eigenvalue weighted by atomic mass is 9.67. The summed E-state index contributed by atoms with van der Waals surface area (Å²) < 4.78 is 16.2. The molecule has 1 saturated heterocycles. The Labute approximate surface area is 201 Å². The van der Waals surface area contributed by atoms with Crippen LogP contribution in [0.2, 0.25) is 0 Å². The highest BCUT2D eigenvalue weighted by Gasteiger charge is 2.66. The second-order valence-corrected chi connectivity index (χ2v) is 9.42. The maximum absolute atomic E-state index is 13.5. The van der Waals surface area contributed by atoms with Gasteiger partial charge in [0.1, 0.15) is 11.4 Å². The minimum Gasteiger partial charge on any atom is -0.497 e. The number of esters is 2. The molecule has 0 unspecified atom stereocenters. The number of β-lactam (4-membered cyclic amide) rings is 1. The molecule has 2 atom stereocenters. The van der Waals surface area contributed by atoms with Gasteiger partial charge in [0, 0.05) is 13.0 Å². The molecule has 0 aliphatic carbocycles. The summed E-state index contributed by atoms with van der Waals surface area (Å²) in [5, 5.41) is 0. The molecule has 1 fully saturated rings. The van der Waals surface area contributed by atoms with Crippen LogP contribution >= 0.6 is 0 Å². The van der Waals surface area contributed by atoms with E-state index in [1.54, 1.807) is 46.9 Å². The zero-order valence-corrected chi connectivity index (χ0v) is 20.5. The number of carbonyl (C=O) groups is 3. The lowest BCUT2D eigenvalue weighted by Gasteiger charge is -2.55. The summed E-state index contributed by atoms with van der Waals surface area (Å²) in [7, 11) is 1.58. The van der Waals surface area contributed by atoms with Crippen molar-refractivity contribution in [3.05, 3.63) is 65.7 Å². The van der Waals surface area contributed by atoms with Crippen LogP contribution in [0.4, 0.5) is 0 Å². The lowest BCUT2D eigenvalue weighted by Crippen LogP contribution is -2.75. The number of hydrogen-bond acceptors (Lipinski definition) is 6. The average molecular weight is 468 g/mol. The minimum atomic E-state index is -1.31. The fourth-order valence-electron chi connectivity index (χ4n) is 4.36. The molecule has 0 spiro atoms. The SMILES string of the molecule is CCOC(=O)[C@]1(Cc2ccccc2)[C@H](CC(=O)OC(C)(C)C)C(=O)N1Cc1ccc(OC)cc1. The van der Waals surface area contributed by atoms with E-state index in [9.17, 15) is 14.4 Å². The first-order valence-corrected chi connectivity index (χ1v) is 11.5. The summed E-state index contributed by atoms with van der Waals surface area (Å²) in [6.45, 7) is 7.41. The maximum Gasteiger partial charge on any atom is 0.333 e. The molecule has 182 valence electrons. The Hall–Kier alpha value is -3.35. The predicted octanol–water partition coefficient (Wildman–Crippen LogP) is 3.93. The summed E-state index contributed by atoms with van der Waals surface area (Å²) in [5.74, 6) is -1.48. The number of carbonyl (C=O) groups excluding carboxylic acids is 3. The first-order chi connectivity index (χ1) is 16.1. The van der Waals surface area contributed by atoms with E-state index in [0.717, 1.165) is 11.1 Å². The number of methoxy groups -OCH3 is 1. The quantitative estimate of drug-likeness (QED) is 0.411. The van der Waals surface area contributed by atoms with E-state index >= 15 is 0 Å². The second-order valence-electron chi connectivity index (χ2n) is 9.42. The highest BCUT2D eigenvalue weighted by Crippen LogP contribution is 2.45. The van der Waals surface area contributed by atoms with E-state index in [0.29, 0.717) is 5.75 Å². The van der Waals surface area contributed by atoms with Crippen molar-refractivity contribution >= 4 is 17.8 Å². The summed E-state index contributed by atoms with van der Waals surface area (Å²) >= 11 is 0. The Balaban J connectivity index is 1.99. The van der Waals surface area contributed by atoms with Crippen LogP contribution in [0, 0.1) is 5.92 Å². The number of amides is 1. The van der Waals surface area contributed by atoms with Crippen LogP contribution in [-0.4, -0.2) is 47.6 Å². The maximum atomic E-state index is 13.5. The van der Waals surface area contributed by atoms with Gasteiger partial charge in [0.25, 0.3) is 0 Å². The second kappa shape index (κ2) is 10.3. The smallest absolute Gasteiger partial charge is 0.333 e. The van der Waals surface area contributed by atoms with Gasteiger partial charge in [0.15, 0.2) is 5.54 Å². The molecule has 2 aromatic carbocycles. The first kappa shape index (κ1) is 25.3. The number of benzene rings is 2. The zero-order chi connectivity index (χ0) is 24.9. The standard InChI is InChI=1S/C27H33NO6/c1-6-33-25(31)27(17-19-10-8-7-9-11-19)22(16-23(29)34-26(2,3)4)24(30)28(27)18-20-12-14-21(32-5)15-13-20/h7-15,22H,6,16-18H2,1-5H3/t22-,27+/m1/s1. The van der Waals surface area contributed by atoms with Crippen molar-refractivity contribution in [2.45, 2.75) is 58.2 Å². The van der Waals surface area contributed by atoms with E-state index in [2.05, 4.69) is 0 Å². The van der Waals surface area contributed by atoms with E-state index in [4.69, 9.17) is 14.2 Å². The van der Waals surface area contributed by atoms with E-state index < -0.39 is 29.0 Å². The molecular formula is C27H33NO6. The van der Waals surface area contributed by atoms with Gasteiger partial charge in [-0.3, -0.25) is 9.59 Å². The Morgan fingerprint density at radius 1 is 1.00 bits per heavy atom. The first-order valence-electron chi connectivity index (χ1n) is 11.5. The molecule has 0 aromatic heterocycles. The zero-order valence-electron chi connectivity index (χ0n) is 20.5. The third kappa shape index (κ3) is 5.41. The molecule has 1 aliphatic heterocycles. The molecule has 0 radical (unpaired) electrons. The molecule has 7 heteroatoms. The van der Waals surface area contributed by atoms with Crippen LogP contribution in [0.5, 0.6) is 5.75 Å². The molecule has 7 nitrogen and oxygen atoms in total. The van der Waals surface area contributed by atoms with Gasteiger partial charge >= 0.3 is 11.9 Å². The monoisotopic (exact) mass is 467 g/mol. The molecule has 3 rings (SSSR count). The van der Waals surface area contributed by atoms with Crippen molar-refractivity contribution in [2.24, 2.45) is 5.92 Å². The fourth-order valence-corrected chi connectivity index (χ4v) is 4.36. The molecule has 34 heavy (non-hydrogen) atoms. The Morgan fingerprint density at radius 3 is 2.21 bits per heavy atom. The molecule has 1 heterocycles. The number of ether oxygens (including phenoxy) is 3. The lowest BCUT2D eigenvalue weighted by molar-refractivity contribution is -0.196. The minimum absolute atomic E-state index is 0.166. The van der Waals surface area contributed by atoms with Crippen molar-refractivity contribution in [3.63, 3.8) is 0 Å². The van der Waals surface area contributed by atoms with Crippen molar-refractivity contribution in [3.8, 4) is 5.75 Å². The topological polar surface area (TPSA) is 82.1 Å². The van der Waals surface area contributed by atoms with Gasteiger partial charge < -0.3 is 19.1 Å². The van der Waals surface area contributed by atoms with Gasteiger partial charge in [0.2, 0.25) is 5.91 Å². The van der Waals surface area contributed by atoms with Crippen molar-refractivity contribution < 1.29 is 28.6 Å². The highest BCUT2D eigenvalue weighted by atomic mass is 16.6. The summed E-state index contributed by atoms with van der Waals surface area (Å²) in [6.07, 6.45) is 0.0445. The molecule has 1 aliphatic rings. The number of rotatable bonds is 9. The van der Waals surface area contributed by atoms with E-state index in [-0.39, 0.29) is 31.9 Å². The largest absolute Gasteiger partial charge is 0.497 e. The fraction of sp³-hybridized carbons (Fsp3) is 0.444. The summed E-state index contributed by atoms with van der Waals surface area (Å²) in [4.78, 5) is 41.1. The summed E-state index contributed by atoms with van der Waals surface area (Å²) in [6, 6.07) is 16.8. The van der Waals surface area contributed by atoms with Gasteiger partial charge in [-0.05, 0) is 51.0 Å². The number of hydrogen-bond donors (Lipinski definition) is 0. The van der Waals surface area contributed by atoms with Crippen LogP contribution in [0.1, 0.15) is 45.2 Å². The molecule has 0 saturated carbocycles. The van der Waals surface area contributed by atoms with Crippen molar-refractivity contribution in [1.82, 2.24) is 4.90 Å². The van der Waals surface area contributed by atoms with Gasteiger partial charge in [0.05, 0.1) is 26.1 Å². The van der Waals surface area contributed by atoms with Crippen LogP contribution in [0.25, 0.3) is 0 Å². The van der Waals surface area contributed by atoms with Gasteiger partial charge in [-0.15, -0.1) is 0 Å². The van der Waals surface area contributed by atoms with Gasteiger partial charge in [-0.2, -0.15) is 0 Å². The van der Waals surface area contributed by atoms with Crippen LogP contribution < -0.4 is 4.74 Å². The summed E-state index contributed by atoms with van der Waals surface area (Å²) in [5.41, 5.74) is -0.298. The van der Waals surface area contributed by atoms with Crippen LogP contribution in [-0.2, 0) is 36.8 Å². The average Bonchev–Trinajstić information content (AvgIpc) is 2.80.